The minimum absolute atomic E-state index is 0.201. The van der Waals surface area contributed by atoms with Crippen LogP contribution in [-0.4, -0.2) is 29.9 Å². The third-order valence-electron chi connectivity index (χ3n) is 4.94. The predicted octanol–water partition coefficient (Wildman–Crippen LogP) is 3.81. The molecule has 5 nitrogen and oxygen atoms in total. The molecule has 1 heterocycles. The first-order valence-corrected chi connectivity index (χ1v) is 10.1. The van der Waals surface area contributed by atoms with Crippen LogP contribution in [0.15, 0.2) is 54.1 Å². The van der Waals surface area contributed by atoms with Crippen LogP contribution in [0, 0.1) is 5.82 Å². The van der Waals surface area contributed by atoms with Gasteiger partial charge in [-0.25, -0.2) is 9.37 Å². The van der Waals surface area contributed by atoms with Crippen molar-refractivity contribution in [1.29, 1.82) is 0 Å². The molecule has 1 aliphatic carbocycles. The molecule has 152 valence electrons. The number of benzene rings is 1. The van der Waals surface area contributed by atoms with Crippen molar-refractivity contribution < 1.29 is 14.0 Å². The molecule has 0 aliphatic heterocycles. The highest BCUT2D eigenvalue weighted by atomic mass is 19.1. The summed E-state index contributed by atoms with van der Waals surface area (Å²) in [7, 11) is 0. The van der Waals surface area contributed by atoms with Crippen molar-refractivity contribution in [2.75, 3.05) is 13.1 Å². The highest BCUT2D eigenvalue weighted by Crippen LogP contribution is 2.19. The van der Waals surface area contributed by atoms with Gasteiger partial charge in [0.25, 0.3) is 11.8 Å². The number of rotatable bonds is 8. The average molecular weight is 395 g/mol. The Morgan fingerprint density at radius 2 is 1.55 bits per heavy atom. The predicted molar refractivity (Wildman–Crippen MR) is 110 cm³/mol. The normalized spacial score (nSPS) is 13.5. The molecular weight excluding hydrogens is 369 g/mol. The van der Waals surface area contributed by atoms with Gasteiger partial charge in [-0.15, -0.1) is 0 Å². The van der Waals surface area contributed by atoms with E-state index in [1.165, 1.54) is 30.5 Å². The van der Waals surface area contributed by atoms with E-state index >= 15 is 0 Å². The van der Waals surface area contributed by atoms with E-state index in [0.29, 0.717) is 19.5 Å². The number of nitrogens with zero attached hydrogens (tertiary/aromatic N) is 1. The Morgan fingerprint density at radius 3 is 2.17 bits per heavy atom. The molecule has 0 bridgehead atoms. The monoisotopic (exact) mass is 395 g/mol. The molecular formula is C23H26FN3O2. The first-order valence-electron chi connectivity index (χ1n) is 10.1. The van der Waals surface area contributed by atoms with Gasteiger partial charge in [0.05, 0.1) is 0 Å². The lowest BCUT2D eigenvalue weighted by Gasteiger charge is -2.13. The van der Waals surface area contributed by atoms with Gasteiger partial charge in [-0.05, 0) is 68.4 Å². The summed E-state index contributed by atoms with van der Waals surface area (Å²) in [6, 6.07) is 11.0. The van der Waals surface area contributed by atoms with E-state index in [2.05, 4.69) is 21.7 Å². The molecule has 6 heteroatoms. The van der Waals surface area contributed by atoms with Gasteiger partial charge in [-0.1, -0.05) is 29.8 Å². The summed E-state index contributed by atoms with van der Waals surface area (Å²) >= 11 is 0. The van der Waals surface area contributed by atoms with Crippen LogP contribution in [0.4, 0.5) is 4.39 Å². The Hall–Kier alpha value is -3.02. The zero-order chi connectivity index (χ0) is 20.5. The third-order valence-corrected chi connectivity index (χ3v) is 4.94. The van der Waals surface area contributed by atoms with Crippen molar-refractivity contribution in [3.63, 3.8) is 0 Å². The van der Waals surface area contributed by atoms with Gasteiger partial charge in [0, 0.05) is 13.1 Å². The van der Waals surface area contributed by atoms with Crippen molar-refractivity contribution in [3.05, 3.63) is 76.9 Å². The smallest absolute Gasteiger partial charge is 0.269 e. The molecule has 0 saturated heterocycles. The molecule has 0 atom stereocenters. The molecule has 2 aromatic rings. The van der Waals surface area contributed by atoms with E-state index in [1.54, 1.807) is 30.3 Å². The molecule has 0 saturated carbocycles. The van der Waals surface area contributed by atoms with Gasteiger partial charge >= 0.3 is 0 Å². The first kappa shape index (κ1) is 20.7. The highest BCUT2D eigenvalue weighted by Gasteiger charge is 2.12. The molecule has 1 aromatic carbocycles. The van der Waals surface area contributed by atoms with Gasteiger partial charge in [-0.2, -0.15) is 0 Å². The van der Waals surface area contributed by atoms with Crippen molar-refractivity contribution in [2.24, 2.45) is 0 Å². The van der Waals surface area contributed by atoms with E-state index in [9.17, 15) is 14.0 Å². The lowest BCUT2D eigenvalue weighted by Crippen LogP contribution is -2.29. The summed E-state index contributed by atoms with van der Waals surface area (Å²) in [6.07, 6.45) is 8.42. The molecule has 1 aliphatic rings. The fourth-order valence-corrected chi connectivity index (χ4v) is 3.31. The Bertz CT molecular complexity index is 878. The van der Waals surface area contributed by atoms with E-state index in [0.717, 1.165) is 24.8 Å². The molecule has 0 radical (unpaired) electrons. The zero-order valence-corrected chi connectivity index (χ0v) is 16.4. The number of pyridine rings is 1. The lowest BCUT2D eigenvalue weighted by molar-refractivity contribution is 0.0945. The van der Waals surface area contributed by atoms with Crippen LogP contribution in [0.1, 0.15) is 58.6 Å². The number of halogens is 1. The largest absolute Gasteiger partial charge is 0.350 e. The number of hydrogen-bond acceptors (Lipinski definition) is 3. The standard InChI is InChI=1S/C23H26FN3O2/c24-19-11-9-18(10-12-19)14-16-26-23(29)21-8-4-7-20(27-21)22(28)25-15-13-17-5-2-1-3-6-17/h4-5,7-12H,1-3,6,13-16H2,(H,25,28)(H,26,29). The topological polar surface area (TPSA) is 71.1 Å². The molecule has 2 amide bonds. The SMILES string of the molecule is O=C(NCCC1=CCCCC1)c1cccc(C(=O)NCCc2ccc(F)cc2)n1. The zero-order valence-electron chi connectivity index (χ0n) is 16.4. The summed E-state index contributed by atoms with van der Waals surface area (Å²) in [5.41, 5.74) is 2.76. The Morgan fingerprint density at radius 1 is 0.897 bits per heavy atom. The summed E-state index contributed by atoms with van der Waals surface area (Å²) in [4.78, 5) is 28.8. The number of carbonyl (C=O) groups excluding carboxylic acids is 2. The van der Waals surface area contributed by atoms with Crippen molar-refractivity contribution in [2.45, 2.75) is 38.5 Å². The maximum atomic E-state index is 12.9. The number of allylic oxidation sites excluding steroid dienone is 1. The number of amides is 2. The molecule has 0 fully saturated rings. The minimum Gasteiger partial charge on any atom is -0.350 e. The van der Waals surface area contributed by atoms with Gasteiger partial charge in [0.2, 0.25) is 0 Å². The first-order chi connectivity index (χ1) is 14.1. The van der Waals surface area contributed by atoms with Gasteiger partial charge in [-0.3, -0.25) is 9.59 Å². The van der Waals surface area contributed by atoms with Crippen LogP contribution < -0.4 is 10.6 Å². The molecule has 29 heavy (non-hydrogen) atoms. The number of hydrogen-bond donors (Lipinski definition) is 2. The Kier molecular flexibility index (Phi) is 7.50. The van der Waals surface area contributed by atoms with Crippen molar-refractivity contribution in [1.82, 2.24) is 15.6 Å². The second kappa shape index (κ2) is 10.5. The molecule has 1 aromatic heterocycles. The van der Waals surface area contributed by atoms with E-state index in [1.807, 2.05) is 0 Å². The second-order valence-electron chi connectivity index (χ2n) is 7.15. The van der Waals surface area contributed by atoms with Crippen LogP contribution in [0.3, 0.4) is 0 Å². The van der Waals surface area contributed by atoms with Crippen molar-refractivity contribution in [3.8, 4) is 0 Å². The van der Waals surface area contributed by atoms with Gasteiger partial charge < -0.3 is 10.6 Å². The maximum absolute atomic E-state index is 12.9. The van der Waals surface area contributed by atoms with E-state index < -0.39 is 0 Å². The number of nitrogens with one attached hydrogen (secondary N) is 2. The third kappa shape index (κ3) is 6.52. The summed E-state index contributed by atoms with van der Waals surface area (Å²) < 4.78 is 12.9. The van der Waals surface area contributed by atoms with Gasteiger partial charge in [0.1, 0.15) is 17.2 Å². The highest BCUT2D eigenvalue weighted by molar-refractivity contribution is 5.96. The van der Waals surface area contributed by atoms with Crippen LogP contribution >= 0.6 is 0 Å². The molecule has 0 unspecified atom stereocenters. The Balaban J connectivity index is 1.47. The summed E-state index contributed by atoms with van der Waals surface area (Å²) in [5.74, 6) is -0.899. The quantitative estimate of drug-likeness (QED) is 0.668. The molecule has 2 N–H and O–H groups in total. The fraction of sp³-hybridized carbons (Fsp3) is 0.348. The van der Waals surface area contributed by atoms with Crippen LogP contribution in [-0.2, 0) is 6.42 Å². The summed E-state index contributed by atoms with van der Waals surface area (Å²) in [5, 5.41) is 5.66. The lowest BCUT2D eigenvalue weighted by atomic mass is 9.97. The van der Waals surface area contributed by atoms with Crippen LogP contribution in [0.2, 0.25) is 0 Å². The second-order valence-corrected chi connectivity index (χ2v) is 7.15. The van der Waals surface area contributed by atoms with Crippen LogP contribution in [0.5, 0.6) is 0 Å². The van der Waals surface area contributed by atoms with E-state index in [4.69, 9.17) is 0 Å². The summed E-state index contributed by atoms with van der Waals surface area (Å²) in [6.45, 7) is 0.970. The Labute approximate surface area is 170 Å². The maximum Gasteiger partial charge on any atom is 0.269 e. The minimum atomic E-state index is -0.339. The van der Waals surface area contributed by atoms with Gasteiger partial charge in [0.15, 0.2) is 0 Å². The molecule has 3 rings (SSSR count). The molecule has 0 spiro atoms. The number of carbonyl (C=O) groups is 2. The number of aromatic nitrogens is 1. The van der Waals surface area contributed by atoms with E-state index in [-0.39, 0.29) is 29.0 Å². The fourth-order valence-electron chi connectivity index (χ4n) is 3.31. The average Bonchev–Trinajstić information content (AvgIpc) is 2.76. The van der Waals surface area contributed by atoms with Crippen molar-refractivity contribution >= 4 is 11.8 Å². The van der Waals surface area contributed by atoms with Crippen LogP contribution in [0.25, 0.3) is 0 Å².